The number of unbranched alkanes of at least 4 members (excludes halogenated alkanes) is 5. The molecular formula is C14H25NO2. The van der Waals surface area contributed by atoms with Gasteiger partial charge in [0.15, 0.2) is 0 Å². The molecule has 0 unspecified atom stereocenters. The third-order valence-corrected chi connectivity index (χ3v) is 2.70. The molecule has 1 amide bonds. The highest BCUT2D eigenvalue weighted by Gasteiger charge is 2.02. The van der Waals surface area contributed by atoms with Gasteiger partial charge in [-0.3, -0.25) is 9.59 Å². The maximum Gasteiger partial charge on any atom is 0.243 e. The molecule has 0 atom stereocenters. The van der Waals surface area contributed by atoms with Crippen molar-refractivity contribution >= 4 is 11.7 Å². The molecule has 98 valence electrons. The predicted molar refractivity (Wildman–Crippen MR) is 70.8 cm³/mol. The highest BCUT2D eigenvalue weighted by atomic mass is 16.1. The van der Waals surface area contributed by atoms with E-state index in [2.05, 4.69) is 18.8 Å². The van der Waals surface area contributed by atoms with Crippen molar-refractivity contribution in [2.45, 2.75) is 58.3 Å². The van der Waals surface area contributed by atoms with Crippen molar-refractivity contribution in [2.24, 2.45) is 0 Å². The summed E-state index contributed by atoms with van der Waals surface area (Å²) in [5, 5.41) is 2.60. The van der Waals surface area contributed by atoms with Gasteiger partial charge in [0.1, 0.15) is 5.78 Å². The SMILES string of the molecule is C=CC(=O)NCCC(=O)CCCCCCCC. The molecule has 0 aromatic carbocycles. The Hall–Kier alpha value is -1.12. The molecule has 0 aromatic rings. The Morgan fingerprint density at radius 1 is 1.06 bits per heavy atom. The standard InChI is InChI=1S/C14H25NO2/c1-3-5-6-7-8-9-10-13(16)11-12-15-14(17)4-2/h4H,2-3,5-12H2,1H3,(H,15,17). The van der Waals surface area contributed by atoms with E-state index in [0.29, 0.717) is 19.4 Å². The van der Waals surface area contributed by atoms with Gasteiger partial charge < -0.3 is 5.32 Å². The highest BCUT2D eigenvalue weighted by molar-refractivity contribution is 5.87. The van der Waals surface area contributed by atoms with Crippen LogP contribution in [-0.2, 0) is 9.59 Å². The summed E-state index contributed by atoms with van der Waals surface area (Å²) in [4.78, 5) is 22.2. The molecule has 0 heterocycles. The molecule has 1 N–H and O–H groups in total. The minimum Gasteiger partial charge on any atom is -0.352 e. The molecule has 0 aliphatic heterocycles. The van der Waals surface area contributed by atoms with Gasteiger partial charge in [-0.15, -0.1) is 0 Å². The molecule has 0 aliphatic rings. The minimum absolute atomic E-state index is 0.211. The molecule has 0 fully saturated rings. The summed E-state index contributed by atoms with van der Waals surface area (Å²) in [6.07, 6.45) is 9.49. The van der Waals surface area contributed by atoms with E-state index in [9.17, 15) is 9.59 Å². The van der Waals surface area contributed by atoms with Gasteiger partial charge in [0.2, 0.25) is 5.91 Å². The number of ketones is 1. The first kappa shape index (κ1) is 15.9. The third kappa shape index (κ3) is 11.1. The number of amides is 1. The van der Waals surface area contributed by atoms with Crippen molar-refractivity contribution in [3.8, 4) is 0 Å². The van der Waals surface area contributed by atoms with Crippen molar-refractivity contribution in [3.63, 3.8) is 0 Å². The van der Waals surface area contributed by atoms with Crippen molar-refractivity contribution < 1.29 is 9.59 Å². The second-order valence-electron chi connectivity index (χ2n) is 4.30. The lowest BCUT2D eigenvalue weighted by Crippen LogP contribution is -2.23. The smallest absolute Gasteiger partial charge is 0.243 e. The molecular weight excluding hydrogens is 214 g/mol. The zero-order valence-corrected chi connectivity index (χ0v) is 11.0. The van der Waals surface area contributed by atoms with Crippen LogP contribution in [0.3, 0.4) is 0 Å². The Balaban J connectivity index is 3.29. The lowest BCUT2D eigenvalue weighted by Gasteiger charge is -2.02. The Kier molecular flexibility index (Phi) is 10.6. The molecule has 0 aromatic heterocycles. The molecule has 0 bridgehead atoms. The van der Waals surface area contributed by atoms with Crippen molar-refractivity contribution in [2.75, 3.05) is 6.54 Å². The highest BCUT2D eigenvalue weighted by Crippen LogP contribution is 2.07. The number of Topliss-reactive ketones (excluding diaryl/α,β-unsaturated/α-hetero) is 1. The van der Waals surface area contributed by atoms with E-state index in [0.717, 1.165) is 12.8 Å². The summed E-state index contributed by atoms with van der Waals surface area (Å²) in [6, 6.07) is 0. The van der Waals surface area contributed by atoms with Crippen LogP contribution >= 0.6 is 0 Å². The second-order valence-corrected chi connectivity index (χ2v) is 4.30. The molecule has 0 radical (unpaired) electrons. The molecule has 17 heavy (non-hydrogen) atoms. The van der Waals surface area contributed by atoms with E-state index < -0.39 is 0 Å². The van der Waals surface area contributed by atoms with Gasteiger partial charge in [0, 0.05) is 19.4 Å². The first-order valence-corrected chi connectivity index (χ1v) is 6.62. The monoisotopic (exact) mass is 239 g/mol. The average Bonchev–Trinajstić information content (AvgIpc) is 2.33. The topological polar surface area (TPSA) is 46.2 Å². The van der Waals surface area contributed by atoms with Crippen LogP contribution < -0.4 is 5.32 Å². The maximum atomic E-state index is 11.4. The van der Waals surface area contributed by atoms with Gasteiger partial charge in [-0.25, -0.2) is 0 Å². The van der Waals surface area contributed by atoms with E-state index in [-0.39, 0.29) is 11.7 Å². The molecule has 0 aliphatic carbocycles. The van der Waals surface area contributed by atoms with Crippen LogP contribution in [0.5, 0.6) is 0 Å². The Morgan fingerprint density at radius 3 is 2.35 bits per heavy atom. The van der Waals surface area contributed by atoms with E-state index in [4.69, 9.17) is 0 Å². The number of carbonyl (C=O) groups is 2. The number of hydrogen-bond acceptors (Lipinski definition) is 2. The van der Waals surface area contributed by atoms with E-state index >= 15 is 0 Å². The van der Waals surface area contributed by atoms with Gasteiger partial charge in [0.25, 0.3) is 0 Å². The molecule has 0 rings (SSSR count). The van der Waals surface area contributed by atoms with Gasteiger partial charge in [-0.1, -0.05) is 45.6 Å². The Morgan fingerprint density at radius 2 is 1.71 bits per heavy atom. The first-order valence-electron chi connectivity index (χ1n) is 6.62. The van der Waals surface area contributed by atoms with Crippen LogP contribution in [0.1, 0.15) is 58.3 Å². The lowest BCUT2D eigenvalue weighted by molar-refractivity contribution is -0.119. The van der Waals surface area contributed by atoms with Crippen LogP contribution in [-0.4, -0.2) is 18.2 Å². The molecule has 3 heteroatoms. The van der Waals surface area contributed by atoms with Gasteiger partial charge in [-0.05, 0) is 12.5 Å². The minimum atomic E-state index is -0.211. The van der Waals surface area contributed by atoms with Gasteiger partial charge >= 0.3 is 0 Å². The van der Waals surface area contributed by atoms with Gasteiger partial charge in [-0.2, -0.15) is 0 Å². The normalized spacial score (nSPS) is 9.94. The number of nitrogens with one attached hydrogen (secondary N) is 1. The van der Waals surface area contributed by atoms with E-state index in [1.54, 1.807) is 0 Å². The number of carbonyl (C=O) groups excluding carboxylic acids is 2. The first-order chi connectivity index (χ1) is 8.20. The largest absolute Gasteiger partial charge is 0.352 e. The quantitative estimate of drug-likeness (QED) is 0.445. The van der Waals surface area contributed by atoms with Crippen LogP contribution in [0, 0.1) is 0 Å². The fourth-order valence-electron chi connectivity index (χ4n) is 1.62. The summed E-state index contributed by atoms with van der Waals surface area (Å²) in [7, 11) is 0. The van der Waals surface area contributed by atoms with Crippen LogP contribution in [0.25, 0.3) is 0 Å². The van der Waals surface area contributed by atoms with Gasteiger partial charge in [0.05, 0.1) is 0 Å². The third-order valence-electron chi connectivity index (χ3n) is 2.70. The predicted octanol–water partition coefficient (Wildman–Crippen LogP) is 3.00. The van der Waals surface area contributed by atoms with Crippen LogP contribution in [0.15, 0.2) is 12.7 Å². The zero-order valence-electron chi connectivity index (χ0n) is 11.0. The molecule has 0 saturated heterocycles. The average molecular weight is 239 g/mol. The van der Waals surface area contributed by atoms with Crippen molar-refractivity contribution in [1.29, 1.82) is 0 Å². The van der Waals surface area contributed by atoms with Crippen LogP contribution in [0.2, 0.25) is 0 Å². The molecule has 0 saturated carbocycles. The summed E-state index contributed by atoms with van der Waals surface area (Å²) in [5.41, 5.74) is 0. The summed E-state index contributed by atoms with van der Waals surface area (Å²) in [6.45, 7) is 5.97. The zero-order chi connectivity index (χ0) is 12.9. The van der Waals surface area contributed by atoms with Crippen LogP contribution in [0.4, 0.5) is 0 Å². The molecule has 3 nitrogen and oxygen atoms in total. The lowest BCUT2D eigenvalue weighted by atomic mass is 10.1. The van der Waals surface area contributed by atoms with Crippen molar-refractivity contribution in [3.05, 3.63) is 12.7 Å². The summed E-state index contributed by atoms with van der Waals surface area (Å²) >= 11 is 0. The maximum absolute atomic E-state index is 11.4. The molecule has 0 spiro atoms. The fourth-order valence-corrected chi connectivity index (χ4v) is 1.62. The number of hydrogen-bond donors (Lipinski definition) is 1. The Labute approximate surface area is 105 Å². The number of rotatable bonds is 11. The second kappa shape index (κ2) is 11.4. The van der Waals surface area contributed by atoms with E-state index in [1.165, 1.54) is 31.8 Å². The summed E-state index contributed by atoms with van der Waals surface area (Å²) < 4.78 is 0. The summed E-state index contributed by atoms with van der Waals surface area (Å²) in [5.74, 6) is 0.0298. The van der Waals surface area contributed by atoms with E-state index in [1.807, 2.05) is 0 Å². The Bertz CT molecular complexity index is 236. The van der Waals surface area contributed by atoms with Crippen molar-refractivity contribution in [1.82, 2.24) is 5.32 Å². The fraction of sp³-hybridized carbons (Fsp3) is 0.714.